The Hall–Kier alpha value is -1.62. The molecule has 0 atom stereocenters. The van der Waals surface area contributed by atoms with E-state index in [2.05, 4.69) is 5.32 Å². The molecule has 1 aliphatic rings. The molecule has 0 bridgehead atoms. The molecule has 1 aliphatic heterocycles. The monoisotopic (exact) mass is 238 g/mol. The highest BCUT2D eigenvalue weighted by molar-refractivity contribution is 5.77. The molecular formula is C12H15FN2O2. The van der Waals surface area contributed by atoms with Gasteiger partial charge in [0.25, 0.3) is 5.91 Å². The Bertz CT molecular complexity index is 375. The normalized spacial score (nSPS) is 15.7. The largest absolute Gasteiger partial charge is 0.484 e. The molecule has 0 radical (unpaired) electrons. The molecule has 0 spiro atoms. The van der Waals surface area contributed by atoms with Gasteiger partial charge in [-0.15, -0.1) is 0 Å². The van der Waals surface area contributed by atoms with Crippen molar-refractivity contribution in [2.24, 2.45) is 0 Å². The van der Waals surface area contributed by atoms with Crippen LogP contribution in [-0.2, 0) is 4.79 Å². The summed E-state index contributed by atoms with van der Waals surface area (Å²) < 4.78 is 17.9. The number of rotatable bonds is 3. The SMILES string of the molecule is O=C(COc1ccc(F)cc1)N1CCNCC1. The van der Waals surface area contributed by atoms with E-state index in [1.165, 1.54) is 24.3 Å². The number of benzene rings is 1. The van der Waals surface area contributed by atoms with Crippen LogP contribution in [0.15, 0.2) is 24.3 Å². The minimum absolute atomic E-state index is 0.00559. The first kappa shape index (κ1) is 11.9. The van der Waals surface area contributed by atoms with E-state index in [1.54, 1.807) is 4.90 Å². The van der Waals surface area contributed by atoms with Gasteiger partial charge in [-0.2, -0.15) is 0 Å². The fourth-order valence-electron chi connectivity index (χ4n) is 1.68. The molecule has 1 aromatic carbocycles. The Balaban J connectivity index is 1.81. The molecule has 2 rings (SSSR count). The van der Waals surface area contributed by atoms with Crippen LogP contribution in [0.2, 0.25) is 0 Å². The summed E-state index contributed by atoms with van der Waals surface area (Å²) in [5.74, 6) is 0.163. The highest BCUT2D eigenvalue weighted by Crippen LogP contribution is 2.11. The van der Waals surface area contributed by atoms with Gasteiger partial charge in [-0.1, -0.05) is 0 Å². The maximum Gasteiger partial charge on any atom is 0.260 e. The van der Waals surface area contributed by atoms with Gasteiger partial charge in [-0.25, -0.2) is 4.39 Å². The van der Waals surface area contributed by atoms with Gasteiger partial charge < -0.3 is 15.0 Å². The number of hydrogen-bond acceptors (Lipinski definition) is 3. The average Bonchev–Trinajstić information content (AvgIpc) is 2.39. The lowest BCUT2D eigenvalue weighted by atomic mass is 10.3. The zero-order chi connectivity index (χ0) is 12.1. The van der Waals surface area contributed by atoms with Crippen LogP contribution in [0.3, 0.4) is 0 Å². The van der Waals surface area contributed by atoms with Crippen molar-refractivity contribution in [3.63, 3.8) is 0 Å². The number of carbonyl (C=O) groups excluding carboxylic acids is 1. The molecule has 0 unspecified atom stereocenters. The van der Waals surface area contributed by atoms with Crippen LogP contribution in [0.5, 0.6) is 5.75 Å². The molecule has 1 N–H and O–H groups in total. The Morgan fingerprint density at radius 3 is 2.59 bits per heavy atom. The molecule has 1 fully saturated rings. The maximum atomic E-state index is 12.6. The standard InChI is InChI=1S/C12H15FN2O2/c13-10-1-3-11(4-2-10)17-9-12(16)15-7-5-14-6-8-15/h1-4,14H,5-9H2. The van der Waals surface area contributed by atoms with Crippen molar-refractivity contribution < 1.29 is 13.9 Å². The first-order valence-corrected chi connectivity index (χ1v) is 5.62. The molecule has 5 heteroatoms. The number of ether oxygens (including phenoxy) is 1. The van der Waals surface area contributed by atoms with Crippen LogP contribution in [0, 0.1) is 5.82 Å². The number of amides is 1. The molecule has 0 aromatic heterocycles. The molecule has 4 nitrogen and oxygen atoms in total. The van der Waals surface area contributed by atoms with Gasteiger partial charge in [-0.3, -0.25) is 4.79 Å². The third-order valence-electron chi connectivity index (χ3n) is 2.65. The summed E-state index contributed by atoms with van der Waals surface area (Å²) in [6, 6.07) is 5.65. The summed E-state index contributed by atoms with van der Waals surface area (Å²) in [5, 5.41) is 3.17. The van der Waals surface area contributed by atoms with E-state index in [1.807, 2.05) is 0 Å². The van der Waals surface area contributed by atoms with Crippen molar-refractivity contribution in [3.05, 3.63) is 30.1 Å². The summed E-state index contributed by atoms with van der Waals surface area (Å²) in [5.41, 5.74) is 0. The second kappa shape index (κ2) is 5.63. The van der Waals surface area contributed by atoms with Crippen LogP contribution in [0.1, 0.15) is 0 Å². The van der Waals surface area contributed by atoms with Crippen LogP contribution in [-0.4, -0.2) is 43.6 Å². The molecule has 1 saturated heterocycles. The molecule has 1 amide bonds. The number of carbonyl (C=O) groups is 1. The summed E-state index contributed by atoms with van der Waals surface area (Å²) in [6.45, 7) is 3.08. The quantitative estimate of drug-likeness (QED) is 0.840. The first-order valence-electron chi connectivity index (χ1n) is 5.62. The average molecular weight is 238 g/mol. The van der Waals surface area contributed by atoms with E-state index >= 15 is 0 Å². The van der Waals surface area contributed by atoms with Gasteiger partial charge in [0.05, 0.1) is 0 Å². The van der Waals surface area contributed by atoms with Gasteiger partial charge in [-0.05, 0) is 24.3 Å². The van der Waals surface area contributed by atoms with Crippen molar-refractivity contribution in [2.75, 3.05) is 32.8 Å². The van der Waals surface area contributed by atoms with E-state index in [9.17, 15) is 9.18 Å². The maximum absolute atomic E-state index is 12.6. The van der Waals surface area contributed by atoms with Crippen LogP contribution >= 0.6 is 0 Å². The van der Waals surface area contributed by atoms with E-state index in [-0.39, 0.29) is 18.3 Å². The van der Waals surface area contributed by atoms with Crippen LogP contribution in [0.25, 0.3) is 0 Å². The van der Waals surface area contributed by atoms with E-state index < -0.39 is 0 Å². The number of nitrogens with one attached hydrogen (secondary N) is 1. The molecule has 1 heterocycles. The third kappa shape index (κ3) is 3.42. The fourth-order valence-corrected chi connectivity index (χ4v) is 1.68. The Morgan fingerprint density at radius 1 is 1.29 bits per heavy atom. The minimum Gasteiger partial charge on any atom is -0.484 e. The smallest absolute Gasteiger partial charge is 0.260 e. The van der Waals surface area contributed by atoms with Crippen LogP contribution < -0.4 is 10.1 Å². The molecule has 1 aromatic rings. The minimum atomic E-state index is -0.314. The molecule has 92 valence electrons. The molecule has 0 aliphatic carbocycles. The van der Waals surface area contributed by atoms with Crippen molar-refractivity contribution in [2.45, 2.75) is 0 Å². The topological polar surface area (TPSA) is 41.6 Å². The predicted octanol–water partition coefficient (Wildman–Crippen LogP) is 0.636. The summed E-state index contributed by atoms with van der Waals surface area (Å²) >= 11 is 0. The van der Waals surface area contributed by atoms with E-state index in [4.69, 9.17) is 4.74 Å². The first-order chi connectivity index (χ1) is 8.25. The second-order valence-corrected chi connectivity index (χ2v) is 3.87. The third-order valence-corrected chi connectivity index (χ3v) is 2.65. The lowest BCUT2D eigenvalue weighted by molar-refractivity contribution is -0.133. The lowest BCUT2D eigenvalue weighted by Gasteiger charge is -2.27. The van der Waals surface area contributed by atoms with Crippen molar-refractivity contribution in [1.82, 2.24) is 10.2 Å². The van der Waals surface area contributed by atoms with Crippen molar-refractivity contribution in [1.29, 1.82) is 0 Å². The Labute approximate surface area is 99.4 Å². The zero-order valence-electron chi connectivity index (χ0n) is 9.49. The number of nitrogens with zero attached hydrogens (tertiary/aromatic N) is 1. The van der Waals surface area contributed by atoms with Gasteiger partial charge in [0.15, 0.2) is 6.61 Å². The molecular weight excluding hydrogens is 223 g/mol. The van der Waals surface area contributed by atoms with Crippen molar-refractivity contribution in [3.8, 4) is 5.75 Å². The van der Waals surface area contributed by atoms with Crippen molar-refractivity contribution >= 4 is 5.91 Å². The summed E-state index contributed by atoms with van der Waals surface area (Å²) in [4.78, 5) is 13.5. The van der Waals surface area contributed by atoms with E-state index in [0.717, 1.165) is 13.1 Å². The Kier molecular flexibility index (Phi) is 3.93. The number of hydrogen-bond donors (Lipinski definition) is 1. The number of halogens is 1. The zero-order valence-corrected chi connectivity index (χ0v) is 9.49. The second-order valence-electron chi connectivity index (χ2n) is 3.87. The summed E-state index contributed by atoms with van der Waals surface area (Å²) in [7, 11) is 0. The lowest BCUT2D eigenvalue weighted by Crippen LogP contribution is -2.47. The van der Waals surface area contributed by atoms with Gasteiger partial charge >= 0.3 is 0 Å². The highest BCUT2D eigenvalue weighted by Gasteiger charge is 2.16. The molecule has 17 heavy (non-hydrogen) atoms. The van der Waals surface area contributed by atoms with Gasteiger partial charge in [0, 0.05) is 26.2 Å². The van der Waals surface area contributed by atoms with Gasteiger partial charge in [0.2, 0.25) is 0 Å². The van der Waals surface area contributed by atoms with Crippen LogP contribution in [0.4, 0.5) is 4.39 Å². The predicted molar refractivity (Wildman–Crippen MR) is 61.3 cm³/mol. The number of piperazine rings is 1. The van der Waals surface area contributed by atoms with Gasteiger partial charge in [0.1, 0.15) is 11.6 Å². The van der Waals surface area contributed by atoms with E-state index in [0.29, 0.717) is 18.8 Å². The fraction of sp³-hybridized carbons (Fsp3) is 0.417. The highest BCUT2D eigenvalue weighted by atomic mass is 19.1. The summed E-state index contributed by atoms with van der Waals surface area (Å²) in [6.07, 6.45) is 0. The Morgan fingerprint density at radius 2 is 1.94 bits per heavy atom. The molecule has 0 saturated carbocycles.